The minimum Gasteiger partial charge on any atom is -0.494 e. The molecule has 1 N–H and O–H groups in total. The third-order valence-electron chi connectivity index (χ3n) is 5.83. The zero-order valence-corrected chi connectivity index (χ0v) is 16.1. The molecule has 2 aromatic carbocycles. The second kappa shape index (κ2) is 6.96. The highest BCUT2D eigenvalue weighted by Gasteiger charge is 2.37. The molecule has 0 unspecified atom stereocenters. The second-order valence-corrected chi connectivity index (χ2v) is 7.63. The molecule has 0 fully saturated rings. The van der Waals surface area contributed by atoms with E-state index in [1.54, 1.807) is 0 Å². The Morgan fingerprint density at radius 3 is 2.68 bits per heavy atom. The largest absolute Gasteiger partial charge is 0.494 e. The number of aromatic nitrogens is 1. The number of benzene rings is 2. The molecule has 0 amide bonds. The van der Waals surface area contributed by atoms with Crippen LogP contribution in [-0.2, 0) is 6.42 Å². The van der Waals surface area contributed by atoms with Crippen molar-refractivity contribution in [2.45, 2.75) is 38.2 Å². The summed E-state index contributed by atoms with van der Waals surface area (Å²) in [7, 11) is 5.55. The molecule has 3 aromatic rings. The van der Waals surface area contributed by atoms with Crippen molar-refractivity contribution in [3.8, 4) is 5.75 Å². The molecule has 2 heterocycles. The maximum atomic E-state index is 5.67. The average Bonchev–Trinajstić information content (AvgIpc) is 3.04. The van der Waals surface area contributed by atoms with E-state index < -0.39 is 0 Å². The van der Waals surface area contributed by atoms with Crippen molar-refractivity contribution in [3.05, 3.63) is 82.9 Å². The van der Waals surface area contributed by atoms with Gasteiger partial charge in [0.25, 0.3) is 0 Å². The predicted octanol–water partition coefficient (Wildman–Crippen LogP) is 4.91. The average molecular weight is 366 g/mol. The van der Waals surface area contributed by atoms with Crippen molar-refractivity contribution in [1.82, 2.24) is 9.88 Å². The van der Waals surface area contributed by atoms with Gasteiger partial charge in [0, 0.05) is 29.1 Å². The van der Waals surface area contributed by atoms with Crippen LogP contribution < -0.4 is 4.74 Å². The van der Waals surface area contributed by atoms with E-state index in [0.29, 0.717) is 19.0 Å². The summed E-state index contributed by atoms with van der Waals surface area (Å²) >= 11 is 0. The highest BCUT2D eigenvalue weighted by atomic mass is 16.5. The Kier molecular flexibility index (Phi) is 4.29. The van der Waals surface area contributed by atoms with Crippen LogP contribution in [0.2, 0.25) is 6.32 Å². The van der Waals surface area contributed by atoms with Gasteiger partial charge in [0.2, 0.25) is 0 Å². The third kappa shape index (κ3) is 2.76. The first-order chi connectivity index (χ1) is 13.8. The van der Waals surface area contributed by atoms with Gasteiger partial charge in [0.15, 0.2) is 0 Å². The van der Waals surface area contributed by atoms with Gasteiger partial charge < -0.3 is 14.6 Å². The molecule has 1 aromatic heterocycles. The van der Waals surface area contributed by atoms with Gasteiger partial charge in [-0.05, 0) is 48.7 Å². The van der Waals surface area contributed by atoms with Gasteiger partial charge in [-0.1, -0.05) is 36.7 Å². The number of para-hydroxylation sites is 1. The Balaban J connectivity index is 1.63. The number of aromatic amines is 1. The van der Waals surface area contributed by atoms with Crippen LogP contribution in [-0.4, -0.2) is 30.4 Å². The van der Waals surface area contributed by atoms with Crippen LogP contribution in [0.25, 0.3) is 10.9 Å². The van der Waals surface area contributed by atoms with E-state index in [1.807, 2.05) is 0 Å². The molecule has 1 aliphatic carbocycles. The minimum absolute atomic E-state index is 0.158. The first kappa shape index (κ1) is 17.3. The summed E-state index contributed by atoms with van der Waals surface area (Å²) in [6.07, 6.45) is 4.67. The number of nitrogens with one attached hydrogen (secondary N) is 1. The number of rotatable bonds is 5. The summed E-state index contributed by atoms with van der Waals surface area (Å²) in [5, 5.41) is 1.34. The molecule has 2 aliphatic rings. The molecule has 3 nitrogen and oxygen atoms in total. The Morgan fingerprint density at radius 2 is 1.96 bits per heavy atom. The molecule has 4 heteroatoms. The molecule has 0 saturated heterocycles. The minimum atomic E-state index is 0.158. The normalized spacial score (nSPS) is 20.6. The molecule has 0 saturated carbocycles. The standard InChI is InChI=1S/C24H23BN2O/c1-16-15-21-20-7-2-3-8-22(20)26-23(21)24(27(16)18-5-4-6-18)17-9-11-19(12-10-17)28-14-13-25/h2-4,7-12,16,24,26H,5,13-15H2,1H3/t16-,24-/m1/s1. The fourth-order valence-electron chi connectivity index (χ4n) is 4.51. The monoisotopic (exact) mass is 366 g/mol. The lowest BCUT2D eigenvalue weighted by molar-refractivity contribution is 0.194. The molecule has 138 valence electrons. The number of hydrogen-bond donors (Lipinski definition) is 1. The highest BCUT2D eigenvalue weighted by molar-refractivity contribution is 6.08. The first-order valence-corrected chi connectivity index (χ1v) is 10.0. The summed E-state index contributed by atoms with van der Waals surface area (Å²) < 4.78 is 5.67. The maximum Gasteiger partial charge on any atom is 0.119 e. The molecular weight excluding hydrogens is 343 g/mol. The van der Waals surface area contributed by atoms with Crippen LogP contribution in [0.15, 0.2) is 66.0 Å². The van der Waals surface area contributed by atoms with Gasteiger partial charge in [-0.25, -0.2) is 0 Å². The molecule has 0 spiro atoms. The number of ether oxygens (including phenoxy) is 1. The number of fused-ring (bicyclic) bond motifs is 3. The van der Waals surface area contributed by atoms with Crippen molar-refractivity contribution in [3.63, 3.8) is 0 Å². The van der Waals surface area contributed by atoms with E-state index in [9.17, 15) is 0 Å². The van der Waals surface area contributed by atoms with Gasteiger partial charge in [-0.2, -0.15) is 0 Å². The number of H-pyrrole nitrogens is 1. The van der Waals surface area contributed by atoms with E-state index in [-0.39, 0.29) is 6.04 Å². The van der Waals surface area contributed by atoms with E-state index in [4.69, 9.17) is 12.6 Å². The zero-order chi connectivity index (χ0) is 19.1. The summed E-state index contributed by atoms with van der Waals surface area (Å²) in [4.78, 5) is 6.26. The van der Waals surface area contributed by atoms with Crippen LogP contribution in [0.5, 0.6) is 5.75 Å². The van der Waals surface area contributed by atoms with E-state index in [1.165, 1.54) is 33.4 Å². The molecule has 2 radical (unpaired) electrons. The molecule has 2 atom stereocenters. The first-order valence-electron chi connectivity index (χ1n) is 10.0. The Bertz CT molecular complexity index is 1080. The van der Waals surface area contributed by atoms with Gasteiger partial charge in [-0.3, -0.25) is 0 Å². The molecule has 1 aliphatic heterocycles. The van der Waals surface area contributed by atoms with E-state index in [0.717, 1.165) is 18.6 Å². The fourth-order valence-corrected chi connectivity index (χ4v) is 4.51. The molecule has 28 heavy (non-hydrogen) atoms. The van der Waals surface area contributed by atoms with Gasteiger partial charge >= 0.3 is 0 Å². The second-order valence-electron chi connectivity index (χ2n) is 7.63. The van der Waals surface area contributed by atoms with Crippen molar-refractivity contribution in [2.75, 3.05) is 6.61 Å². The zero-order valence-electron chi connectivity index (χ0n) is 16.1. The van der Waals surface area contributed by atoms with Crippen LogP contribution >= 0.6 is 0 Å². The quantitative estimate of drug-likeness (QED) is 0.513. The van der Waals surface area contributed by atoms with Crippen molar-refractivity contribution in [2.24, 2.45) is 0 Å². The molecular formula is C24H23BN2O. The fraction of sp³-hybridized carbons (Fsp3) is 0.292. The Labute approximate surface area is 167 Å². The third-order valence-corrected chi connectivity index (χ3v) is 5.83. The van der Waals surface area contributed by atoms with Gasteiger partial charge in [-0.15, -0.1) is 5.73 Å². The number of hydrogen-bond acceptors (Lipinski definition) is 2. The lowest BCUT2D eigenvalue weighted by atomic mass is 9.87. The van der Waals surface area contributed by atoms with E-state index in [2.05, 4.69) is 77.1 Å². The van der Waals surface area contributed by atoms with Gasteiger partial charge in [0.1, 0.15) is 5.75 Å². The Morgan fingerprint density at radius 1 is 1.18 bits per heavy atom. The lowest BCUT2D eigenvalue weighted by Crippen LogP contribution is -2.42. The van der Waals surface area contributed by atoms with Crippen LogP contribution in [0.1, 0.15) is 36.2 Å². The molecule has 5 rings (SSSR count). The summed E-state index contributed by atoms with van der Waals surface area (Å²) in [5.41, 5.74) is 9.93. The van der Waals surface area contributed by atoms with Crippen LogP contribution in [0.4, 0.5) is 0 Å². The van der Waals surface area contributed by atoms with Crippen molar-refractivity contribution in [1.29, 1.82) is 0 Å². The smallest absolute Gasteiger partial charge is 0.119 e. The SMILES string of the molecule is [B]CCOc1ccc([C@@H]2c3[nH]c4ccccc4c3C[C@@H](C)N2C2=C=CC2)cc1. The number of nitrogens with zero attached hydrogens (tertiary/aromatic N) is 1. The maximum absolute atomic E-state index is 5.67. The molecule has 0 bridgehead atoms. The predicted molar refractivity (Wildman–Crippen MR) is 114 cm³/mol. The van der Waals surface area contributed by atoms with Crippen LogP contribution in [0.3, 0.4) is 0 Å². The van der Waals surface area contributed by atoms with Crippen LogP contribution in [0, 0.1) is 0 Å². The van der Waals surface area contributed by atoms with Crippen molar-refractivity contribution < 1.29 is 4.74 Å². The summed E-state index contributed by atoms with van der Waals surface area (Å²) in [6.45, 7) is 2.86. The Hall–Kier alpha value is -2.84. The summed E-state index contributed by atoms with van der Waals surface area (Å²) in [5.74, 6) is 0.865. The van der Waals surface area contributed by atoms with Gasteiger partial charge in [0.05, 0.1) is 26.2 Å². The lowest BCUT2D eigenvalue weighted by Gasteiger charge is -2.44. The summed E-state index contributed by atoms with van der Waals surface area (Å²) in [6, 6.07) is 17.7. The topological polar surface area (TPSA) is 28.3 Å². The van der Waals surface area contributed by atoms with E-state index >= 15 is 0 Å². The van der Waals surface area contributed by atoms with Crippen molar-refractivity contribution >= 4 is 18.7 Å². The highest BCUT2D eigenvalue weighted by Crippen LogP contribution is 2.44.